The van der Waals surface area contributed by atoms with Crippen molar-refractivity contribution in [1.82, 2.24) is 0 Å². The molecule has 4 heteroatoms. The van der Waals surface area contributed by atoms with Gasteiger partial charge in [0.25, 0.3) is 0 Å². The maximum atomic E-state index is 6.00. The number of hydrogen-bond acceptors (Lipinski definition) is 4. The predicted molar refractivity (Wildman–Crippen MR) is 78.1 cm³/mol. The first-order chi connectivity index (χ1) is 8.19. The second kappa shape index (κ2) is 7.33. The van der Waals surface area contributed by atoms with Gasteiger partial charge in [-0.15, -0.1) is 0 Å². The van der Waals surface area contributed by atoms with E-state index in [4.69, 9.17) is 10.5 Å². The fraction of sp³-hybridized carbons (Fsp3) is 0.538. The normalized spacial score (nSPS) is 12.2. The summed E-state index contributed by atoms with van der Waals surface area (Å²) in [5, 5.41) is 3.43. The zero-order chi connectivity index (χ0) is 12.7. The lowest BCUT2D eigenvalue weighted by Gasteiger charge is -2.17. The van der Waals surface area contributed by atoms with E-state index in [-0.39, 0.29) is 0 Å². The summed E-state index contributed by atoms with van der Waals surface area (Å²) < 4.78 is 5.20. The number of benzene rings is 1. The highest BCUT2D eigenvalue weighted by atomic mass is 32.2. The molecule has 3 nitrogen and oxygen atoms in total. The van der Waals surface area contributed by atoms with Crippen LogP contribution in [0, 0.1) is 0 Å². The van der Waals surface area contributed by atoms with Crippen LogP contribution in [-0.4, -0.2) is 24.7 Å². The molecule has 3 N–H and O–H groups in total. The van der Waals surface area contributed by atoms with E-state index in [1.807, 2.05) is 30.0 Å². The van der Waals surface area contributed by atoms with Crippen molar-refractivity contribution in [3.63, 3.8) is 0 Å². The first-order valence-corrected chi connectivity index (χ1v) is 7.11. The number of anilines is 2. The van der Waals surface area contributed by atoms with E-state index in [0.717, 1.165) is 17.9 Å². The van der Waals surface area contributed by atoms with E-state index in [1.54, 1.807) is 7.11 Å². The zero-order valence-electron chi connectivity index (χ0n) is 10.8. The number of nitrogens with two attached hydrogens (primary N) is 1. The Bertz CT molecular complexity index is 344. The molecule has 0 spiro atoms. The van der Waals surface area contributed by atoms with Crippen LogP contribution in [-0.2, 0) is 0 Å². The minimum atomic E-state index is 0.420. The van der Waals surface area contributed by atoms with Gasteiger partial charge in [0, 0.05) is 6.04 Å². The number of thioether (sulfide) groups is 1. The number of nitrogens with one attached hydrogen (secondary N) is 1. The van der Waals surface area contributed by atoms with Crippen molar-refractivity contribution >= 4 is 23.1 Å². The number of para-hydroxylation sites is 1. The van der Waals surface area contributed by atoms with Gasteiger partial charge in [-0.1, -0.05) is 13.0 Å². The smallest absolute Gasteiger partial charge is 0.143 e. The molecule has 17 heavy (non-hydrogen) atoms. The van der Waals surface area contributed by atoms with Crippen LogP contribution in [0.25, 0.3) is 0 Å². The van der Waals surface area contributed by atoms with Crippen LogP contribution in [0.15, 0.2) is 18.2 Å². The van der Waals surface area contributed by atoms with E-state index in [9.17, 15) is 0 Å². The Hall–Kier alpha value is -1.03. The van der Waals surface area contributed by atoms with Gasteiger partial charge in [-0.25, -0.2) is 0 Å². The molecule has 96 valence electrons. The van der Waals surface area contributed by atoms with Crippen LogP contribution < -0.4 is 15.8 Å². The summed E-state index contributed by atoms with van der Waals surface area (Å²) >= 11 is 1.96. The van der Waals surface area contributed by atoms with E-state index in [2.05, 4.69) is 19.2 Å². The average Bonchev–Trinajstić information content (AvgIpc) is 2.32. The van der Waals surface area contributed by atoms with Gasteiger partial charge in [-0.3, -0.25) is 0 Å². The van der Waals surface area contributed by atoms with E-state index < -0.39 is 0 Å². The van der Waals surface area contributed by atoms with Crippen molar-refractivity contribution in [2.45, 2.75) is 26.3 Å². The highest BCUT2D eigenvalue weighted by molar-refractivity contribution is 7.99. The lowest BCUT2D eigenvalue weighted by Crippen LogP contribution is -2.17. The van der Waals surface area contributed by atoms with Gasteiger partial charge >= 0.3 is 0 Å². The quantitative estimate of drug-likeness (QED) is 0.579. The molecule has 0 fully saturated rings. The molecule has 0 heterocycles. The summed E-state index contributed by atoms with van der Waals surface area (Å²) in [6.45, 7) is 4.36. The second-order valence-corrected chi connectivity index (χ2v) is 5.35. The summed E-state index contributed by atoms with van der Waals surface area (Å²) in [7, 11) is 1.64. The molecular weight excluding hydrogens is 232 g/mol. The highest BCUT2D eigenvalue weighted by Crippen LogP contribution is 2.29. The van der Waals surface area contributed by atoms with Gasteiger partial charge in [0.05, 0.1) is 18.5 Å². The zero-order valence-corrected chi connectivity index (χ0v) is 11.6. The standard InChI is InChI=1S/C13H22N2OS/c1-4-17-9-8-10(2)15-11-6-5-7-12(16-3)13(11)14/h5-7,10,15H,4,8-9,14H2,1-3H3. The van der Waals surface area contributed by atoms with Crippen molar-refractivity contribution in [1.29, 1.82) is 0 Å². The summed E-state index contributed by atoms with van der Waals surface area (Å²) in [5.74, 6) is 3.08. The molecule has 0 saturated heterocycles. The van der Waals surface area contributed by atoms with Crippen molar-refractivity contribution < 1.29 is 4.74 Å². The molecule has 0 aliphatic carbocycles. The molecule has 0 aliphatic heterocycles. The molecule has 0 aliphatic rings. The molecule has 0 radical (unpaired) electrons. The minimum Gasteiger partial charge on any atom is -0.495 e. The molecular formula is C13H22N2OS. The summed E-state index contributed by atoms with van der Waals surface area (Å²) in [6, 6.07) is 6.23. The number of methoxy groups -OCH3 is 1. The van der Waals surface area contributed by atoms with Gasteiger partial charge in [0.1, 0.15) is 5.75 Å². The van der Waals surface area contributed by atoms with Crippen LogP contribution >= 0.6 is 11.8 Å². The van der Waals surface area contributed by atoms with Crippen molar-refractivity contribution in [3.8, 4) is 5.75 Å². The largest absolute Gasteiger partial charge is 0.495 e. The number of rotatable bonds is 7. The van der Waals surface area contributed by atoms with Crippen LogP contribution in [0.5, 0.6) is 5.75 Å². The van der Waals surface area contributed by atoms with Crippen LogP contribution in [0.4, 0.5) is 11.4 Å². The van der Waals surface area contributed by atoms with Gasteiger partial charge in [-0.05, 0) is 37.0 Å². The van der Waals surface area contributed by atoms with E-state index >= 15 is 0 Å². The fourth-order valence-corrected chi connectivity index (χ4v) is 2.40. The molecule has 1 atom stereocenters. The lowest BCUT2D eigenvalue weighted by molar-refractivity contribution is 0.417. The Morgan fingerprint density at radius 1 is 1.47 bits per heavy atom. The topological polar surface area (TPSA) is 47.3 Å². The number of ether oxygens (including phenoxy) is 1. The molecule has 0 bridgehead atoms. The Morgan fingerprint density at radius 2 is 2.24 bits per heavy atom. The van der Waals surface area contributed by atoms with Crippen LogP contribution in [0.3, 0.4) is 0 Å². The summed E-state index contributed by atoms with van der Waals surface area (Å²) in [4.78, 5) is 0. The number of nitrogen functional groups attached to an aromatic ring is 1. The average molecular weight is 254 g/mol. The van der Waals surface area contributed by atoms with Crippen LogP contribution in [0.1, 0.15) is 20.3 Å². The maximum Gasteiger partial charge on any atom is 0.143 e. The van der Waals surface area contributed by atoms with Gasteiger partial charge < -0.3 is 15.8 Å². The molecule has 0 aromatic heterocycles. The Labute approximate surface area is 108 Å². The molecule has 1 aromatic carbocycles. The third-order valence-electron chi connectivity index (χ3n) is 2.59. The monoisotopic (exact) mass is 254 g/mol. The molecule has 1 aromatic rings. The van der Waals surface area contributed by atoms with Crippen molar-refractivity contribution in [2.75, 3.05) is 29.7 Å². The molecule has 0 saturated carbocycles. The predicted octanol–water partition coefficient (Wildman–Crippen LogP) is 3.22. The Kier molecular flexibility index (Phi) is 6.05. The second-order valence-electron chi connectivity index (χ2n) is 3.95. The third kappa shape index (κ3) is 4.38. The van der Waals surface area contributed by atoms with Gasteiger partial charge in [0.2, 0.25) is 0 Å². The van der Waals surface area contributed by atoms with Crippen LogP contribution in [0.2, 0.25) is 0 Å². The minimum absolute atomic E-state index is 0.420. The first kappa shape index (κ1) is 14.0. The maximum absolute atomic E-state index is 6.00. The molecule has 0 amide bonds. The summed E-state index contributed by atoms with van der Waals surface area (Å²) in [6.07, 6.45) is 1.13. The number of hydrogen-bond donors (Lipinski definition) is 2. The van der Waals surface area contributed by atoms with E-state index in [0.29, 0.717) is 11.7 Å². The van der Waals surface area contributed by atoms with Gasteiger partial charge in [0.15, 0.2) is 0 Å². The van der Waals surface area contributed by atoms with Gasteiger partial charge in [-0.2, -0.15) is 11.8 Å². The fourth-order valence-electron chi connectivity index (χ4n) is 1.59. The van der Waals surface area contributed by atoms with E-state index in [1.165, 1.54) is 11.5 Å². The SMILES string of the molecule is CCSCCC(C)Nc1cccc(OC)c1N. The molecule has 1 unspecified atom stereocenters. The summed E-state index contributed by atoms with van der Waals surface area (Å²) in [5.41, 5.74) is 7.65. The van der Waals surface area contributed by atoms with Crippen molar-refractivity contribution in [2.24, 2.45) is 0 Å². The Balaban J connectivity index is 2.55. The third-order valence-corrected chi connectivity index (χ3v) is 3.52. The molecule has 1 rings (SSSR count). The first-order valence-electron chi connectivity index (χ1n) is 5.95. The lowest BCUT2D eigenvalue weighted by atomic mass is 10.2. The highest BCUT2D eigenvalue weighted by Gasteiger charge is 2.07. The van der Waals surface area contributed by atoms with Crippen molar-refractivity contribution in [3.05, 3.63) is 18.2 Å². The Morgan fingerprint density at radius 3 is 2.88 bits per heavy atom.